The van der Waals surface area contributed by atoms with Gasteiger partial charge in [0.25, 0.3) is 0 Å². The highest BCUT2D eigenvalue weighted by Gasteiger charge is 2.08. The van der Waals surface area contributed by atoms with Crippen molar-refractivity contribution in [3.05, 3.63) is 35.1 Å². The van der Waals surface area contributed by atoms with E-state index < -0.39 is 0 Å². The molecule has 0 amide bonds. The number of aliphatic hydroxyl groups excluding tert-OH is 1. The van der Waals surface area contributed by atoms with Crippen LogP contribution < -0.4 is 0 Å². The van der Waals surface area contributed by atoms with E-state index in [4.69, 9.17) is 16.7 Å². The zero-order valence-electron chi connectivity index (χ0n) is 7.13. The molecule has 0 fully saturated rings. The maximum absolute atomic E-state index is 8.95. The zero-order chi connectivity index (χ0) is 9.97. The number of hydrogen-bond donors (Lipinski definition) is 1. The molecule has 0 bridgehead atoms. The summed E-state index contributed by atoms with van der Waals surface area (Å²) in [5, 5.41) is 20.3. The summed E-state index contributed by atoms with van der Waals surface area (Å²) in [7, 11) is 0. The van der Waals surface area contributed by atoms with Gasteiger partial charge in [-0.2, -0.15) is 4.68 Å². The molecule has 2 rings (SSSR count). The van der Waals surface area contributed by atoms with E-state index in [1.54, 1.807) is 12.1 Å². The first-order valence-electron chi connectivity index (χ1n) is 3.96. The zero-order valence-corrected chi connectivity index (χ0v) is 7.89. The van der Waals surface area contributed by atoms with Crippen LogP contribution in [0.4, 0.5) is 0 Å². The minimum atomic E-state index is -0.224. The van der Waals surface area contributed by atoms with Crippen molar-refractivity contribution < 1.29 is 5.11 Å². The van der Waals surface area contributed by atoms with Gasteiger partial charge in [0.15, 0.2) is 5.82 Å². The molecule has 0 saturated carbocycles. The van der Waals surface area contributed by atoms with Gasteiger partial charge in [-0.25, -0.2) is 0 Å². The molecule has 2 aromatic rings. The quantitative estimate of drug-likeness (QED) is 0.797. The van der Waals surface area contributed by atoms with Crippen molar-refractivity contribution >= 4 is 11.6 Å². The Labute approximate surface area is 84.9 Å². The van der Waals surface area contributed by atoms with Crippen LogP contribution in [-0.2, 0) is 6.61 Å². The summed E-state index contributed by atoms with van der Waals surface area (Å²) in [5.74, 6) is 0.359. The van der Waals surface area contributed by atoms with Crippen LogP contribution >= 0.6 is 11.6 Å². The topological polar surface area (TPSA) is 63.8 Å². The van der Waals surface area contributed by atoms with Gasteiger partial charge >= 0.3 is 0 Å². The summed E-state index contributed by atoms with van der Waals surface area (Å²) < 4.78 is 1.41. The Hall–Kier alpha value is -1.46. The molecule has 0 radical (unpaired) electrons. The number of nitrogens with zero attached hydrogens (tertiary/aromatic N) is 4. The molecule has 0 atom stereocenters. The number of benzene rings is 1. The normalized spacial score (nSPS) is 10.4. The molecule has 0 spiro atoms. The molecule has 1 N–H and O–H groups in total. The van der Waals surface area contributed by atoms with Gasteiger partial charge in [-0.3, -0.25) is 0 Å². The number of halogens is 1. The average molecular weight is 211 g/mol. The molecule has 0 aliphatic carbocycles. The lowest BCUT2D eigenvalue weighted by atomic mass is 10.3. The van der Waals surface area contributed by atoms with E-state index in [0.29, 0.717) is 16.5 Å². The smallest absolute Gasteiger partial charge is 0.182 e. The van der Waals surface area contributed by atoms with Gasteiger partial charge < -0.3 is 5.11 Å². The molecule has 0 unspecified atom stereocenters. The van der Waals surface area contributed by atoms with E-state index in [1.807, 2.05) is 12.1 Å². The van der Waals surface area contributed by atoms with E-state index in [2.05, 4.69) is 15.5 Å². The first kappa shape index (κ1) is 9.11. The van der Waals surface area contributed by atoms with Gasteiger partial charge in [-0.05, 0) is 22.6 Å². The monoisotopic (exact) mass is 210 g/mol. The third-order valence-corrected chi connectivity index (χ3v) is 2.08. The molecule has 6 heteroatoms. The largest absolute Gasteiger partial charge is 0.388 e. The van der Waals surface area contributed by atoms with Crippen LogP contribution in [-0.4, -0.2) is 25.3 Å². The molecule has 72 valence electrons. The van der Waals surface area contributed by atoms with Gasteiger partial charge in [0.05, 0.1) is 10.7 Å². The average Bonchev–Trinajstić information content (AvgIpc) is 2.66. The number of aromatic nitrogens is 4. The van der Waals surface area contributed by atoms with Crippen molar-refractivity contribution in [2.45, 2.75) is 6.61 Å². The van der Waals surface area contributed by atoms with E-state index in [1.165, 1.54) is 4.68 Å². The number of para-hydroxylation sites is 1. The fourth-order valence-corrected chi connectivity index (χ4v) is 1.33. The molecule has 0 saturated heterocycles. The van der Waals surface area contributed by atoms with Crippen LogP contribution in [0.2, 0.25) is 5.02 Å². The second-order valence-electron chi connectivity index (χ2n) is 2.62. The maximum atomic E-state index is 8.95. The summed E-state index contributed by atoms with van der Waals surface area (Å²) in [5.41, 5.74) is 0.656. The molecular weight excluding hydrogens is 204 g/mol. The highest BCUT2D eigenvalue weighted by Crippen LogP contribution is 2.19. The Bertz CT molecular complexity index is 442. The first-order chi connectivity index (χ1) is 6.83. The first-order valence-corrected chi connectivity index (χ1v) is 4.33. The highest BCUT2D eigenvalue weighted by atomic mass is 35.5. The predicted octanol–water partition coefficient (Wildman–Crippen LogP) is 0.808. The Morgan fingerprint density at radius 2 is 2.14 bits per heavy atom. The van der Waals surface area contributed by atoms with Gasteiger partial charge in [0, 0.05) is 0 Å². The predicted molar refractivity (Wildman–Crippen MR) is 50.1 cm³/mol. The lowest BCUT2D eigenvalue weighted by Gasteiger charge is -2.03. The lowest BCUT2D eigenvalue weighted by Crippen LogP contribution is -2.03. The second-order valence-corrected chi connectivity index (χ2v) is 3.02. The molecule has 1 heterocycles. The summed E-state index contributed by atoms with van der Waals surface area (Å²) in [4.78, 5) is 0. The molecule has 5 nitrogen and oxygen atoms in total. The van der Waals surface area contributed by atoms with Gasteiger partial charge in [-0.1, -0.05) is 23.7 Å². The van der Waals surface area contributed by atoms with Crippen LogP contribution in [0, 0.1) is 0 Å². The lowest BCUT2D eigenvalue weighted by molar-refractivity contribution is 0.268. The highest BCUT2D eigenvalue weighted by molar-refractivity contribution is 6.32. The number of aliphatic hydroxyl groups is 1. The summed E-state index contributed by atoms with van der Waals surface area (Å²) in [6.07, 6.45) is 0. The molecule has 0 aliphatic rings. The standard InChI is InChI=1S/C8H7ClN4O/c9-6-3-1-2-4-7(6)13-8(5-14)10-11-12-13/h1-4,14H,5H2. The Kier molecular flexibility index (Phi) is 2.43. The summed E-state index contributed by atoms with van der Waals surface area (Å²) in [6.45, 7) is -0.224. The van der Waals surface area contributed by atoms with Crippen LogP contribution in [0.1, 0.15) is 5.82 Å². The van der Waals surface area contributed by atoms with Crippen molar-refractivity contribution in [2.75, 3.05) is 0 Å². The van der Waals surface area contributed by atoms with Crippen LogP contribution in [0.5, 0.6) is 0 Å². The van der Waals surface area contributed by atoms with Crippen LogP contribution in [0.15, 0.2) is 24.3 Å². The second kappa shape index (κ2) is 3.73. The molecular formula is C8H7ClN4O. The third-order valence-electron chi connectivity index (χ3n) is 1.76. The number of tetrazole rings is 1. The van der Waals surface area contributed by atoms with E-state index in [0.717, 1.165) is 0 Å². The maximum Gasteiger partial charge on any atom is 0.182 e. The number of rotatable bonds is 2. The van der Waals surface area contributed by atoms with Gasteiger partial charge in [0.2, 0.25) is 0 Å². The van der Waals surface area contributed by atoms with E-state index in [-0.39, 0.29) is 6.61 Å². The van der Waals surface area contributed by atoms with Crippen LogP contribution in [0.3, 0.4) is 0 Å². The fourth-order valence-electron chi connectivity index (χ4n) is 1.11. The van der Waals surface area contributed by atoms with E-state index in [9.17, 15) is 0 Å². The Balaban J connectivity index is 2.54. The van der Waals surface area contributed by atoms with Gasteiger partial charge in [0.1, 0.15) is 6.61 Å². The fraction of sp³-hybridized carbons (Fsp3) is 0.125. The van der Waals surface area contributed by atoms with Crippen LogP contribution in [0.25, 0.3) is 5.69 Å². The Morgan fingerprint density at radius 1 is 1.36 bits per heavy atom. The SMILES string of the molecule is OCc1nnnn1-c1ccccc1Cl. The summed E-state index contributed by atoms with van der Waals surface area (Å²) >= 11 is 5.95. The Morgan fingerprint density at radius 3 is 2.86 bits per heavy atom. The van der Waals surface area contributed by atoms with Crippen molar-refractivity contribution in [2.24, 2.45) is 0 Å². The van der Waals surface area contributed by atoms with E-state index >= 15 is 0 Å². The molecule has 1 aromatic carbocycles. The molecule has 0 aliphatic heterocycles. The molecule has 14 heavy (non-hydrogen) atoms. The molecule has 1 aromatic heterocycles. The van der Waals surface area contributed by atoms with Gasteiger partial charge in [-0.15, -0.1) is 5.10 Å². The minimum Gasteiger partial charge on any atom is -0.388 e. The minimum absolute atomic E-state index is 0.224. The third kappa shape index (κ3) is 1.47. The van der Waals surface area contributed by atoms with Crippen molar-refractivity contribution in [3.8, 4) is 5.69 Å². The summed E-state index contributed by atoms with van der Waals surface area (Å²) in [6, 6.07) is 7.15. The van der Waals surface area contributed by atoms with Crippen molar-refractivity contribution in [1.29, 1.82) is 0 Å². The van der Waals surface area contributed by atoms with Crippen molar-refractivity contribution in [1.82, 2.24) is 20.2 Å². The van der Waals surface area contributed by atoms with Crippen molar-refractivity contribution in [3.63, 3.8) is 0 Å². The number of hydrogen-bond acceptors (Lipinski definition) is 4.